The Hall–Kier alpha value is -1.30. The number of aliphatic carboxylic acids is 1. The molecular weight excluding hydrogens is 222 g/mol. The highest BCUT2D eigenvalue weighted by atomic mass is 16.4. The van der Waals surface area contributed by atoms with Gasteiger partial charge in [-0.05, 0) is 21.0 Å². The van der Waals surface area contributed by atoms with Crippen molar-refractivity contribution in [3.05, 3.63) is 0 Å². The Balaban J connectivity index is 2.17. The molecule has 1 saturated heterocycles. The number of likely N-dealkylation sites (tertiary alicyclic amines) is 1. The normalized spacial score (nSPS) is 17.8. The summed E-state index contributed by atoms with van der Waals surface area (Å²) in [6.07, 6.45) is 0.151. The van der Waals surface area contributed by atoms with Crippen molar-refractivity contribution in [3.8, 4) is 0 Å². The fourth-order valence-corrected chi connectivity index (χ4v) is 1.64. The van der Waals surface area contributed by atoms with Crippen molar-refractivity contribution >= 4 is 12.0 Å². The molecule has 6 heteroatoms. The second-order valence-corrected chi connectivity index (χ2v) is 4.87. The molecule has 98 valence electrons. The van der Waals surface area contributed by atoms with Crippen molar-refractivity contribution in [1.29, 1.82) is 0 Å². The van der Waals surface area contributed by atoms with Crippen LogP contribution in [0.15, 0.2) is 0 Å². The standard InChI is InChI=1S/C11H21N3O3/c1-8(13(2)3)5-12-11(17)14-6-9(7-14)4-10(15)16/h8-9H,4-7H2,1-3H3,(H,12,17)(H,15,16). The molecule has 0 aromatic rings. The van der Waals surface area contributed by atoms with E-state index in [9.17, 15) is 9.59 Å². The number of carboxylic acid groups (broad SMARTS) is 1. The number of hydrogen-bond acceptors (Lipinski definition) is 3. The van der Waals surface area contributed by atoms with Crippen LogP contribution in [0.2, 0.25) is 0 Å². The van der Waals surface area contributed by atoms with Crippen molar-refractivity contribution in [3.63, 3.8) is 0 Å². The quantitative estimate of drug-likeness (QED) is 0.716. The maximum atomic E-state index is 11.6. The van der Waals surface area contributed by atoms with Crippen molar-refractivity contribution in [2.24, 2.45) is 5.92 Å². The molecule has 0 saturated carbocycles. The van der Waals surface area contributed by atoms with E-state index in [2.05, 4.69) is 5.32 Å². The summed E-state index contributed by atoms with van der Waals surface area (Å²) in [6.45, 7) is 3.73. The molecule has 17 heavy (non-hydrogen) atoms. The molecule has 0 aliphatic carbocycles. The molecular formula is C11H21N3O3. The zero-order valence-electron chi connectivity index (χ0n) is 10.6. The lowest BCUT2D eigenvalue weighted by Crippen LogP contribution is -2.55. The maximum Gasteiger partial charge on any atom is 0.317 e. The smallest absolute Gasteiger partial charge is 0.317 e. The molecule has 1 unspecified atom stereocenters. The number of likely N-dealkylation sites (N-methyl/N-ethyl adjacent to an activating group) is 1. The average Bonchev–Trinajstić information content (AvgIpc) is 2.18. The molecule has 6 nitrogen and oxygen atoms in total. The third-order valence-electron chi connectivity index (χ3n) is 3.14. The van der Waals surface area contributed by atoms with Crippen LogP contribution in [0.5, 0.6) is 0 Å². The molecule has 1 rings (SSSR count). The number of carbonyl (C=O) groups is 2. The number of amides is 2. The van der Waals surface area contributed by atoms with Gasteiger partial charge in [0.1, 0.15) is 0 Å². The minimum atomic E-state index is -0.795. The molecule has 2 amide bonds. The molecule has 0 spiro atoms. The Bertz CT molecular complexity index is 288. The summed E-state index contributed by atoms with van der Waals surface area (Å²) in [5, 5.41) is 11.4. The van der Waals surface area contributed by atoms with Gasteiger partial charge in [-0.25, -0.2) is 4.79 Å². The van der Waals surface area contributed by atoms with E-state index in [1.807, 2.05) is 25.9 Å². The first-order valence-corrected chi connectivity index (χ1v) is 5.81. The highest BCUT2D eigenvalue weighted by Crippen LogP contribution is 2.18. The van der Waals surface area contributed by atoms with E-state index in [1.54, 1.807) is 4.90 Å². The molecule has 1 aliphatic heterocycles. The zero-order chi connectivity index (χ0) is 13.0. The molecule has 1 atom stereocenters. The van der Waals surface area contributed by atoms with Gasteiger partial charge in [-0.2, -0.15) is 0 Å². The Morgan fingerprint density at radius 1 is 1.47 bits per heavy atom. The minimum Gasteiger partial charge on any atom is -0.481 e. The van der Waals surface area contributed by atoms with Crippen molar-refractivity contribution in [2.45, 2.75) is 19.4 Å². The van der Waals surface area contributed by atoms with Gasteiger partial charge in [-0.1, -0.05) is 0 Å². The van der Waals surface area contributed by atoms with Crippen LogP contribution in [0.25, 0.3) is 0 Å². The van der Waals surface area contributed by atoms with Crippen molar-refractivity contribution < 1.29 is 14.7 Å². The van der Waals surface area contributed by atoms with Crippen LogP contribution in [0.4, 0.5) is 4.79 Å². The first kappa shape index (κ1) is 13.8. The maximum absolute atomic E-state index is 11.6. The van der Waals surface area contributed by atoms with Crippen LogP contribution in [0.3, 0.4) is 0 Å². The van der Waals surface area contributed by atoms with Gasteiger partial charge in [0.15, 0.2) is 0 Å². The lowest BCUT2D eigenvalue weighted by Gasteiger charge is -2.38. The summed E-state index contributed by atoms with van der Waals surface area (Å²) in [6, 6.07) is 0.190. The van der Waals surface area contributed by atoms with Gasteiger partial charge in [0.25, 0.3) is 0 Å². The van der Waals surface area contributed by atoms with Crippen LogP contribution < -0.4 is 5.32 Å². The largest absolute Gasteiger partial charge is 0.481 e. The minimum absolute atomic E-state index is 0.0969. The lowest BCUT2D eigenvalue weighted by molar-refractivity contribution is -0.139. The third kappa shape index (κ3) is 4.22. The molecule has 0 aromatic carbocycles. The first-order chi connectivity index (χ1) is 7.90. The third-order valence-corrected chi connectivity index (χ3v) is 3.14. The second kappa shape index (κ2) is 5.86. The van der Waals surface area contributed by atoms with Gasteiger partial charge < -0.3 is 20.2 Å². The van der Waals surface area contributed by atoms with E-state index in [-0.39, 0.29) is 24.4 Å². The second-order valence-electron chi connectivity index (χ2n) is 4.87. The van der Waals surface area contributed by atoms with Gasteiger partial charge >= 0.3 is 12.0 Å². The van der Waals surface area contributed by atoms with Crippen LogP contribution in [-0.4, -0.2) is 66.7 Å². The predicted octanol–water partition coefficient (Wildman–Crippen LogP) is 0.0526. The Kier molecular flexibility index (Phi) is 4.74. The molecule has 0 aromatic heterocycles. The summed E-state index contributed by atoms with van der Waals surface area (Å²) in [5.74, 6) is -0.680. The Morgan fingerprint density at radius 3 is 2.53 bits per heavy atom. The van der Waals surface area contributed by atoms with Gasteiger partial charge in [0.05, 0.1) is 6.42 Å². The van der Waals surface area contributed by atoms with E-state index < -0.39 is 5.97 Å². The van der Waals surface area contributed by atoms with E-state index in [4.69, 9.17) is 5.11 Å². The molecule has 2 N–H and O–H groups in total. The van der Waals surface area contributed by atoms with Crippen LogP contribution in [0.1, 0.15) is 13.3 Å². The van der Waals surface area contributed by atoms with E-state index in [1.165, 1.54) is 0 Å². The van der Waals surface area contributed by atoms with Gasteiger partial charge in [0.2, 0.25) is 0 Å². The van der Waals surface area contributed by atoms with Gasteiger partial charge in [-0.3, -0.25) is 4.79 Å². The summed E-state index contributed by atoms with van der Waals surface area (Å²) in [5.41, 5.74) is 0. The van der Waals surface area contributed by atoms with Crippen molar-refractivity contribution in [1.82, 2.24) is 15.1 Å². The summed E-state index contributed by atoms with van der Waals surface area (Å²) in [7, 11) is 3.92. The van der Waals surface area contributed by atoms with Gasteiger partial charge in [-0.15, -0.1) is 0 Å². The summed E-state index contributed by atoms with van der Waals surface area (Å²) >= 11 is 0. The highest BCUT2D eigenvalue weighted by molar-refractivity contribution is 5.75. The monoisotopic (exact) mass is 243 g/mol. The number of hydrogen-bond donors (Lipinski definition) is 2. The van der Waals surface area contributed by atoms with E-state index in [0.29, 0.717) is 19.6 Å². The van der Waals surface area contributed by atoms with Crippen LogP contribution in [0, 0.1) is 5.92 Å². The van der Waals surface area contributed by atoms with Crippen LogP contribution >= 0.6 is 0 Å². The Morgan fingerprint density at radius 2 is 2.06 bits per heavy atom. The summed E-state index contributed by atoms with van der Waals surface area (Å²) < 4.78 is 0. The number of nitrogens with one attached hydrogen (secondary N) is 1. The topological polar surface area (TPSA) is 72.9 Å². The average molecular weight is 243 g/mol. The first-order valence-electron chi connectivity index (χ1n) is 5.81. The van der Waals surface area contributed by atoms with Crippen molar-refractivity contribution in [2.75, 3.05) is 33.7 Å². The summed E-state index contributed by atoms with van der Waals surface area (Å²) in [4.78, 5) is 25.8. The number of carbonyl (C=O) groups excluding carboxylic acids is 1. The molecule has 1 aliphatic rings. The lowest BCUT2D eigenvalue weighted by atomic mass is 9.97. The van der Waals surface area contributed by atoms with E-state index >= 15 is 0 Å². The number of carboxylic acids is 1. The number of nitrogens with zero attached hydrogens (tertiary/aromatic N) is 2. The zero-order valence-corrected chi connectivity index (χ0v) is 10.6. The molecule has 0 bridgehead atoms. The Labute approximate surface area is 102 Å². The number of rotatable bonds is 5. The number of urea groups is 1. The predicted molar refractivity (Wildman–Crippen MR) is 63.9 cm³/mol. The van der Waals surface area contributed by atoms with Gasteiger partial charge in [0, 0.05) is 31.6 Å². The van der Waals surface area contributed by atoms with E-state index in [0.717, 1.165) is 0 Å². The SMILES string of the molecule is CC(CNC(=O)N1CC(CC(=O)O)C1)N(C)C. The molecule has 1 fully saturated rings. The fourth-order valence-electron chi connectivity index (χ4n) is 1.64. The molecule has 0 radical (unpaired) electrons. The fraction of sp³-hybridized carbons (Fsp3) is 0.818. The van der Waals surface area contributed by atoms with Crippen LogP contribution in [-0.2, 0) is 4.79 Å². The molecule has 1 heterocycles. The highest BCUT2D eigenvalue weighted by Gasteiger charge is 2.31.